The summed E-state index contributed by atoms with van der Waals surface area (Å²) in [6.45, 7) is -0.657. The fraction of sp³-hybridized carbons (Fsp3) is 0.500. The summed E-state index contributed by atoms with van der Waals surface area (Å²) in [5, 5.41) is 12.2. The molecule has 0 spiro atoms. The maximum atomic E-state index is 11.8. The van der Waals surface area contributed by atoms with Crippen molar-refractivity contribution in [3.05, 3.63) is 22.1 Å². The SMILES string of the molecule is Cc1ncc([N+](=O)[O-])n1CC(=O)NCC(F)(F)F. The van der Waals surface area contributed by atoms with Crippen molar-refractivity contribution < 1.29 is 22.9 Å². The van der Waals surface area contributed by atoms with E-state index < -0.39 is 35.9 Å². The van der Waals surface area contributed by atoms with Crippen molar-refractivity contribution in [3.8, 4) is 0 Å². The van der Waals surface area contributed by atoms with Gasteiger partial charge < -0.3 is 15.4 Å². The van der Waals surface area contributed by atoms with Gasteiger partial charge in [0.25, 0.3) is 5.91 Å². The number of nitrogens with zero attached hydrogens (tertiary/aromatic N) is 3. The minimum atomic E-state index is -4.52. The number of nitro groups is 1. The number of hydrogen-bond acceptors (Lipinski definition) is 4. The summed E-state index contributed by atoms with van der Waals surface area (Å²) >= 11 is 0. The molecule has 0 aliphatic rings. The number of amides is 1. The number of alkyl halides is 3. The third-order valence-electron chi connectivity index (χ3n) is 2.01. The molecule has 0 saturated carbocycles. The van der Waals surface area contributed by atoms with Crippen LogP contribution in [0.5, 0.6) is 0 Å². The van der Waals surface area contributed by atoms with Crippen molar-refractivity contribution >= 4 is 11.7 Å². The van der Waals surface area contributed by atoms with Crippen LogP contribution in [0.2, 0.25) is 0 Å². The number of rotatable bonds is 4. The quantitative estimate of drug-likeness (QED) is 0.644. The van der Waals surface area contributed by atoms with Crippen molar-refractivity contribution in [1.82, 2.24) is 14.9 Å². The van der Waals surface area contributed by atoms with Gasteiger partial charge in [0.1, 0.15) is 12.7 Å². The van der Waals surface area contributed by atoms with E-state index in [2.05, 4.69) is 4.98 Å². The average molecular weight is 266 g/mol. The van der Waals surface area contributed by atoms with Gasteiger partial charge in [-0.05, 0) is 4.92 Å². The number of carbonyl (C=O) groups is 1. The summed E-state index contributed by atoms with van der Waals surface area (Å²) < 4.78 is 36.4. The van der Waals surface area contributed by atoms with Crippen molar-refractivity contribution in [3.63, 3.8) is 0 Å². The third-order valence-corrected chi connectivity index (χ3v) is 2.01. The van der Waals surface area contributed by atoms with E-state index in [9.17, 15) is 28.1 Å². The van der Waals surface area contributed by atoms with E-state index >= 15 is 0 Å². The number of aromatic nitrogens is 2. The maximum Gasteiger partial charge on any atom is 0.405 e. The molecule has 100 valence electrons. The topological polar surface area (TPSA) is 90.1 Å². The minimum absolute atomic E-state index is 0.170. The Morgan fingerprint density at radius 2 is 2.22 bits per heavy atom. The number of carbonyl (C=O) groups excluding carboxylic acids is 1. The lowest BCUT2D eigenvalue weighted by molar-refractivity contribution is -0.392. The molecule has 0 aliphatic carbocycles. The van der Waals surface area contributed by atoms with Gasteiger partial charge in [-0.15, -0.1) is 0 Å². The van der Waals surface area contributed by atoms with E-state index in [0.29, 0.717) is 0 Å². The molecule has 0 aromatic carbocycles. The number of imidazole rings is 1. The summed E-state index contributed by atoms with van der Waals surface area (Å²) in [5.74, 6) is -1.25. The lowest BCUT2D eigenvalue weighted by Crippen LogP contribution is -2.36. The molecule has 0 unspecified atom stereocenters. The molecule has 1 N–H and O–H groups in total. The van der Waals surface area contributed by atoms with Crippen molar-refractivity contribution in [1.29, 1.82) is 0 Å². The van der Waals surface area contributed by atoms with E-state index in [1.807, 2.05) is 0 Å². The number of hydrogen-bond donors (Lipinski definition) is 1. The van der Waals surface area contributed by atoms with Crippen molar-refractivity contribution in [2.45, 2.75) is 19.6 Å². The molecule has 0 saturated heterocycles. The molecule has 0 radical (unpaired) electrons. The van der Waals surface area contributed by atoms with Crippen LogP contribution in [0.1, 0.15) is 5.82 Å². The predicted molar refractivity (Wildman–Crippen MR) is 52.7 cm³/mol. The molecule has 1 heterocycles. The number of nitrogens with one attached hydrogen (secondary N) is 1. The first-order chi connectivity index (χ1) is 8.20. The van der Waals surface area contributed by atoms with E-state index in [1.54, 1.807) is 5.32 Å². The Hall–Kier alpha value is -2.13. The second-order valence-corrected chi connectivity index (χ2v) is 3.40. The Labute approximate surface area is 98.8 Å². The lowest BCUT2D eigenvalue weighted by Gasteiger charge is -2.08. The van der Waals surface area contributed by atoms with Gasteiger partial charge in [-0.2, -0.15) is 13.2 Å². The fourth-order valence-electron chi connectivity index (χ4n) is 1.20. The minimum Gasteiger partial charge on any atom is -0.358 e. The van der Waals surface area contributed by atoms with Crippen LogP contribution in [0.3, 0.4) is 0 Å². The summed E-state index contributed by atoms with van der Waals surface area (Å²) in [7, 11) is 0. The molecule has 1 aromatic heterocycles. The van der Waals surface area contributed by atoms with Gasteiger partial charge in [0.05, 0.1) is 0 Å². The molecule has 0 aliphatic heterocycles. The van der Waals surface area contributed by atoms with Crippen LogP contribution in [0, 0.1) is 17.0 Å². The smallest absolute Gasteiger partial charge is 0.358 e. The van der Waals surface area contributed by atoms with Crippen LogP contribution >= 0.6 is 0 Å². The highest BCUT2D eigenvalue weighted by molar-refractivity contribution is 5.76. The Morgan fingerprint density at radius 3 is 2.72 bits per heavy atom. The van der Waals surface area contributed by atoms with E-state index in [0.717, 1.165) is 10.8 Å². The standard InChI is InChI=1S/C8H9F3N4O3/c1-5-12-2-7(15(17)18)14(5)3-6(16)13-4-8(9,10)11/h2H,3-4H2,1H3,(H,13,16). The van der Waals surface area contributed by atoms with Gasteiger partial charge in [-0.25, -0.2) is 9.55 Å². The van der Waals surface area contributed by atoms with Crippen LogP contribution in [-0.2, 0) is 11.3 Å². The van der Waals surface area contributed by atoms with Crippen molar-refractivity contribution in [2.24, 2.45) is 0 Å². The Balaban J connectivity index is 2.70. The highest BCUT2D eigenvalue weighted by atomic mass is 19.4. The summed E-state index contributed by atoms with van der Waals surface area (Å²) in [4.78, 5) is 24.6. The van der Waals surface area contributed by atoms with Crippen LogP contribution in [0.25, 0.3) is 0 Å². The van der Waals surface area contributed by atoms with Crippen LogP contribution in [0.4, 0.5) is 19.0 Å². The highest BCUT2D eigenvalue weighted by Crippen LogP contribution is 2.14. The Bertz CT molecular complexity index is 469. The predicted octanol–water partition coefficient (Wildman–Crippen LogP) is 0.778. The zero-order chi connectivity index (χ0) is 13.9. The Morgan fingerprint density at radius 1 is 1.61 bits per heavy atom. The molecule has 0 bridgehead atoms. The van der Waals surface area contributed by atoms with Crippen LogP contribution < -0.4 is 5.32 Å². The zero-order valence-electron chi connectivity index (χ0n) is 9.19. The first-order valence-electron chi connectivity index (χ1n) is 4.70. The van der Waals surface area contributed by atoms with Gasteiger partial charge in [0, 0.05) is 6.92 Å². The van der Waals surface area contributed by atoms with Gasteiger partial charge in [-0.1, -0.05) is 0 Å². The second-order valence-electron chi connectivity index (χ2n) is 3.40. The lowest BCUT2D eigenvalue weighted by atomic mass is 10.5. The number of halogens is 3. The van der Waals surface area contributed by atoms with Gasteiger partial charge in [-0.3, -0.25) is 4.79 Å². The molecule has 7 nitrogen and oxygen atoms in total. The molecular formula is C8H9F3N4O3. The van der Waals surface area contributed by atoms with E-state index in [1.165, 1.54) is 6.92 Å². The molecule has 1 aromatic rings. The molecule has 10 heteroatoms. The van der Waals surface area contributed by atoms with Crippen molar-refractivity contribution in [2.75, 3.05) is 6.54 Å². The van der Waals surface area contributed by atoms with Crippen LogP contribution in [0.15, 0.2) is 6.20 Å². The Kier molecular flexibility index (Phi) is 3.89. The first-order valence-corrected chi connectivity index (χ1v) is 4.70. The first kappa shape index (κ1) is 13.9. The van der Waals surface area contributed by atoms with Gasteiger partial charge in [0.15, 0.2) is 12.4 Å². The second kappa shape index (κ2) is 5.02. The summed E-state index contributed by atoms with van der Waals surface area (Å²) in [5.41, 5.74) is 0. The molecule has 0 fully saturated rings. The maximum absolute atomic E-state index is 11.8. The van der Waals surface area contributed by atoms with E-state index in [-0.39, 0.29) is 5.82 Å². The largest absolute Gasteiger partial charge is 0.405 e. The molecular weight excluding hydrogens is 257 g/mol. The fourth-order valence-corrected chi connectivity index (χ4v) is 1.20. The van der Waals surface area contributed by atoms with E-state index in [4.69, 9.17) is 0 Å². The van der Waals surface area contributed by atoms with Gasteiger partial charge in [0.2, 0.25) is 0 Å². The average Bonchev–Trinajstić information content (AvgIpc) is 2.57. The number of aryl methyl sites for hydroxylation is 1. The zero-order valence-corrected chi connectivity index (χ0v) is 9.19. The monoisotopic (exact) mass is 266 g/mol. The highest BCUT2D eigenvalue weighted by Gasteiger charge is 2.28. The molecule has 18 heavy (non-hydrogen) atoms. The normalized spacial score (nSPS) is 11.3. The van der Waals surface area contributed by atoms with Crippen LogP contribution in [-0.4, -0.2) is 33.1 Å². The van der Waals surface area contributed by atoms with Gasteiger partial charge >= 0.3 is 12.0 Å². The summed E-state index contributed by atoms with van der Waals surface area (Å²) in [6.07, 6.45) is -3.59. The molecule has 0 atom stereocenters. The summed E-state index contributed by atoms with van der Waals surface area (Å²) in [6, 6.07) is 0. The third kappa shape index (κ3) is 3.71. The molecule has 1 amide bonds. The molecule has 1 rings (SSSR count).